The number of nitrogens with one attached hydrogen (secondary N) is 1. The van der Waals surface area contributed by atoms with Crippen molar-refractivity contribution < 1.29 is 66.7 Å². The van der Waals surface area contributed by atoms with Crippen molar-refractivity contribution in [3.8, 4) is 23.0 Å². The van der Waals surface area contributed by atoms with Crippen molar-refractivity contribution in [2.75, 3.05) is 19.5 Å². The highest BCUT2D eigenvalue weighted by Gasteiger charge is 2.41. The van der Waals surface area contributed by atoms with Crippen LogP contribution in [0.1, 0.15) is 34.6 Å². The van der Waals surface area contributed by atoms with E-state index in [1.165, 1.54) is 38.5 Å². The number of amides is 1. The Morgan fingerprint density at radius 2 is 1.16 bits per heavy atom. The Morgan fingerprint density at radius 1 is 0.689 bits per heavy atom. The molecule has 0 bridgehead atoms. The molecule has 3 rings (SSSR count). The average Bonchev–Trinajstić information content (AvgIpc) is 2.99. The van der Waals surface area contributed by atoms with E-state index >= 15 is 0 Å². The summed E-state index contributed by atoms with van der Waals surface area (Å²) in [6, 6.07) is 11.7. The number of carbonyl (C=O) groups is 6. The summed E-state index contributed by atoms with van der Waals surface area (Å²) in [4.78, 5) is 74.5. The Morgan fingerprint density at radius 3 is 1.58 bits per heavy atom. The van der Waals surface area contributed by atoms with Gasteiger partial charge in [-0.05, 0) is 48.5 Å². The fraction of sp³-hybridized carbons (Fsp3) is 0.200. The van der Waals surface area contributed by atoms with Gasteiger partial charge in [0.1, 0.15) is 5.82 Å². The number of ether oxygens (including phenoxy) is 6. The maximum Gasteiger partial charge on any atom is 0.349 e. The van der Waals surface area contributed by atoms with Crippen molar-refractivity contribution in [3.63, 3.8) is 0 Å². The van der Waals surface area contributed by atoms with E-state index in [1.807, 2.05) is 0 Å². The zero-order valence-electron chi connectivity index (χ0n) is 24.2. The molecule has 0 unspecified atom stereocenters. The Hall–Kier alpha value is -5.99. The first-order valence-corrected chi connectivity index (χ1v) is 12.8. The van der Waals surface area contributed by atoms with Crippen LogP contribution in [0.4, 0.5) is 10.1 Å². The second kappa shape index (κ2) is 15.0. The van der Waals surface area contributed by atoms with Crippen LogP contribution in [0.25, 0.3) is 0 Å². The number of hydrogen-bond acceptors (Lipinski definition) is 12. The lowest BCUT2D eigenvalue weighted by Crippen LogP contribution is -2.48. The minimum absolute atomic E-state index is 0.0529. The largest absolute Gasteiger partial charge is 0.493 e. The van der Waals surface area contributed by atoms with Gasteiger partial charge >= 0.3 is 29.8 Å². The number of carbonyl (C=O) groups excluding carboxylic acids is 5. The van der Waals surface area contributed by atoms with Gasteiger partial charge in [-0.3, -0.25) is 14.4 Å². The Bertz CT molecular complexity index is 1640. The summed E-state index contributed by atoms with van der Waals surface area (Å²) < 4.78 is 44.8. The fourth-order valence-corrected chi connectivity index (χ4v) is 3.70. The topological polar surface area (TPSA) is 190 Å². The summed E-state index contributed by atoms with van der Waals surface area (Å²) in [7, 11) is 2.43. The molecule has 3 aromatic carbocycles. The molecule has 0 aliphatic carbocycles. The highest BCUT2D eigenvalue weighted by Crippen LogP contribution is 2.30. The Balaban J connectivity index is 1.98. The van der Waals surface area contributed by atoms with Crippen LogP contribution in [0.3, 0.4) is 0 Å². The predicted octanol–water partition coefficient (Wildman–Crippen LogP) is 3.17. The summed E-state index contributed by atoms with van der Waals surface area (Å²) in [6.45, 7) is 2.27. The maximum atomic E-state index is 14.3. The summed E-state index contributed by atoms with van der Waals surface area (Å²) >= 11 is 0. The van der Waals surface area contributed by atoms with Crippen molar-refractivity contribution in [3.05, 3.63) is 77.6 Å². The van der Waals surface area contributed by atoms with Crippen LogP contribution in [0.2, 0.25) is 0 Å². The van der Waals surface area contributed by atoms with E-state index in [1.54, 1.807) is 0 Å². The predicted molar refractivity (Wildman–Crippen MR) is 150 cm³/mol. The van der Waals surface area contributed by atoms with Crippen molar-refractivity contribution in [2.45, 2.75) is 26.1 Å². The van der Waals surface area contributed by atoms with Gasteiger partial charge in [-0.15, -0.1) is 0 Å². The normalized spacial score (nSPS) is 11.7. The van der Waals surface area contributed by atoms with Crippen LogP contribution in [0.15, 0.2) is 60.7 Å². The first-order chi connectivity index (χ1) is 21.3. The van der Waals surface area contributed by atoms with Gasteiger partial charge in [-0.2, -0.15) is 0 Å². The molecule has 0 spiro atoms. The van der Waals surface area contributed by atoms with Gasteiger partial charge < -0.3 is 38.8 Å². The van der Waals surface area contributed by atoms with Crippen molar-refractivity contribution in [1.29, 1.82) is 0 Å². The molecular weight excluding hydrogens is 601 g/mol. The number of aliphatic carboxylic acids is 1. The summed E-state index contributed by atoms with van der Waals surface area (Å²) in [5.41, 5.74) is -0.968. The van der Waals surface area contributed by atoms with Gasteiger partial charge in [0, 0.05) is 13.8 Å². The highest BCUT2D eigenvalue weighted by molar-refractivity contribution is 6.01. The molecule has 1 amide bonds. The third-order valence-corrected chi connectivity index (χ3v) is 5.68. The third-order valence-electron chi connectivity index (χ3n) is 5.68. The number of carboxylic acid groups (broad SMARTS) is 1. The first kappa shape index (κ1) is 33.5. The Labute approximate surface area is 254 Å². The second-order valence-electron chi connectivity index (χ2n) is 8.88. The van der Waals surface area contributed by atoms with Gasteiger partial charge in [0.15, 0.2) is 23.0 Å². The number of para-hydroxylation sites is 1. The van der Waals surface area contributed by atoms with E-state index < -0.39 is 59.5 Å². The lowest BCUT2D eigenvalue weighted by atomic mass is 10.1. The third kappa shape index (κ3) is 8.76. The molecule has 236 valence electrons. The quantitative estimate of drug-likeness (QED) is 0.220. The molecule has 0 radical (unpaired) electrons. The van der Waals surface area contributed by atoms with Gasteiger partial charge in [0.25, 0.3) is 5.91 Å². The van der Waals surface area contributed by atoms with Gasteiger partial charge in [0.2, 0.25) is 12.2 Å². The van der Waals surface area contributed by atoms with Crippen LogP contribution in [-0.2, 0) is 28.7 Å². The van der Waals surface area contributed by atoms with Crippen molar-refractivity contribution in [2.24, 2.45) is 0 Å². The summed E-state index contributed by atoms with van der Waals surface area (Å²) in [5, 5.41) is 12.1. The lowest BCUT2D eigenvalue weighted by molar-refractivity contribution is -0.157. The van der Waals surface area contributed by atoms with Crippen molar-refractivity contribution in [1.82, 2.24) is 0 Å². The van der Waals surface area contributed by atoms with Gasteiger partial charge in [-0.25, -0.2) is 18.8 Å². The number of esters is 4. The standard InChI is InChI=1S/C30H26FNO13/c1-15(33)42-21-11-9-17(13-23(21)40-3)29(38)44-25(27(35)32-20-8-6-5-7-19(20)31)26(28(36)37)45-30(39)18-10-12-22(43-16(2)34)24(14-18)41-4/h5-14,25-26H,1-4H3,(H,32,35)(H,36,37)/t25-,26+/m1/s1. The van der Waals surface area contributed by atoms with Gasteiger partial charge in [0.05, 0.1) is 31.0 Å². The van der Waals surface area contributed by atoms with E-state index in [4.69, 9.17) is 28.4 Å². The Kier molecular flexibility index (Phi) is 11.1. The van der Waals surface area contributed by atoms with E-state index in [0.29, 0.717) is 0 Å². The monoisotopic (exact) mass is 627 g/mol. The van der Waals surface area contributed by atoms with E-state index in [2.05, 4.69) is 5.32 Å². The molecule has 0 aromatic heterocycles. The molecule has 15 heteroatoms. The SMILES string of the molecule is COc1cc(C(=O)O[C@H](C(=O)O)[C@@H](OC(=O)c2ccc(OC(C)=O)c(OC)c2)C(=O)Nc2ccccc2F)ccc1OC(C)=O. The number of rotatable bonds is 12. The molecule has 0 aliphatic rings. The fourth-order valence-electron chi connectivity index (χ4n) is 3.70. The molecule has 45 heavy (non-hydrogen) atoms. The van der Waals surface area contributed by atoms with Crippen molar-refractivity contribution >= 4 is 41.4 Å². The van der Waals surface area contributed by atoms with Crippen LogP contribution < -0.4 is 24.3 Å². The number of methoxy groups -OCH3 is 2. The second-order valence-corrected chi connectivity index (χ2v) is 8.88. The molecule has 0 saturated carbocycles. The molecule has 2 N–H and O–H groups in total. The van der Waals surface area contributed by atoms with Crippen LogP contribution in [-0.4, -0.2) is 67.3 Å². The number of anilines is 1. The molecule has 0 fully saturated rings. The summed E-state index contributed by atoms with van der Waals surface area (Å²) in [6.07, 6.45) is -4.84. The molecule has 2 atom stereocenters. The van der Waals surface area contributed by atoms with Crippen LogP contribution >= 0.6 is 0 Å². The van der Waals surface area contributed by atoms with Crippen LogP contribution in [0, 0.1) is 5.82 Å². The average molecular weight is 628 g/mol. The minimum Gasteiger partial charge on any atom is -0.493 e. The number of hydrogen-bond donors (Lipinski definition) is 2. The molecule has 0 heterocycles. The van der Waals surface area contributed by atoms with E-state index in [9.17, 15) is 38.3 Å². The maximum absolute atomic E-state index is 14.3. The number of halogens is 1. The summed E-state index contributed by atoms with van der Waals surface area (Å²) in [5.74, 6) is -8.39. The zero-order chi connectivity index (χ0) is 33.3. The molecule has 14 nitrogen and oxygen atoms in total. The first-order valence-electron chi connectivity index (χ1n) is 12.8. The smallest absolute Gasteiger partial charge is 0.349 e. The highest BCUT2D eigenvalue weighted by atomic mass is 19.1. The molecule has 0 saturated heterocycles. The number of carboxylic acids is 1. The van der Waals surface area contributed by atoms with E-state index in [0.717, 1.165) is 50.2 Å². The van der Waals surface area contributed by atoms with E-state index in [-0.39, 0.29) is 34.1 Å². The lowest BCUT2D eigenvalue weighted by Gasteiger charge is -2.24. The zero-order valence-corrected chi connectivity index (χ0v) is 24.2. The van der Waals surface area contributed by atoms with Gasteiger partial charge in [-0.1, -0.05) is 12.1 Å². The number of benzene rings is 3. The molecule has 0 aliphatic heterocycles. The molecular formula is C30H26FNO13. The minimum atomic E-state index is -2.46. The molecule has 3 aromatic rings. The van der Waals surface area contributed by atoms with Crippen LogP contribution in [0.5, 0.6) is 23.0 Å².